The maximum absolute atomic E-state index is 12.1. The molecule has 0 spiro atoms. The van der Waals surface area contributed by atoms with Gasteiger partial charge in [-0.05, 0) is 56.8 Å². The van der Waals surface area contributed by atoms with Crippen LogP contribution in [0.25, 0.3) is 0 Å². The minimum atomic E-state index is -3.41. The summed E-state index contributed by atoms with van der Waals surface area (Å²) in [6, 6.07) is 0. The predicted octanol–water partition coefficient (Wildman–Crippen LogP) is 2.99. The lowest BCUT2D eigenvalue weighted by molar-refractivity contribution is -0.137. The Hall–Kier alpha value is -1.45. The van der Waals surface area contributed by atoms with Crippen LogP contribution in [0.3, 0.4) is 0 Å². The molecule has 0 radical (unpaired) electrons. The molecule has 32 heavy (non-hydrogen) atoms. The van der Waals surface area contributed by atoms with Gasteiger partial charge in [0.15, 0.2) is 0 Å². The van der Waals surface area contributed by atoms with E-state index in [1.54, 1.807) is 0 Å². The third-order valence-corrected chi connectivity index (χ3v) is 7.86. The van der Waals surface area contributed by atoms with Crippen LogP contribution < -0.4 is 10.0 Å². The molecular formula is C23H40N2O6S. The average molecular weight is 473 g/mol. The number of unbranched alkanes of at least 4 members (excludes halogenated alkanes) is 4. The Balaban J connectivity index is 1.66. The number of sulfonamides is 1. The molecule has 4 unspecified atom stereocenters. The van der Waals surface area contributed by atoms with E-state index in [1.165, 1.54) is 0 Å². The summed E-state index contributed by atoms with van der Waals surface area (Å²) < 4.78 is 32.4. The van der Waals surface area contributed by atoms with Gasteiger partial charge in [-0.1, -0.05) is 38.3 Å². The van der Waals surface area contributed by atoms with Crippen LogP contribution in [0.15, 0.2) is 12.2 Å². The molecule has 184 valence electrons. The van der Waals surface area contributed by atoms with Gasteiger partial charge in [0.05, 0.1) is 24.5 Å². The highest BCUT2D eigenvalue weighted by molar-refractivity contribution is 7.89. The molecular weight excluding hydrogens is 432 g/mol. The number of carboxylic acid groups (broad SMARTS) is 1. The fraction of sp³-hybridized carbons (Fsp3) is 0.826. The minimum absolute atomic E-state index is 0.0638. The topological polar surface area (TPSA) is 122 Å². The Morgan fingerprint density at radius 2 is 1.81 bits per heavy atom. The minimum Gasteiger partial charge on any atom is -0.481 e. The van der Waals surface area contributed by atoms with Crippen LogP contribution in [0.4, 0.5) is 0 Å². The highest BCUT2D eigenvalue weighted by atomic mass is 32.2. The van der Waals surface area contributed by atoms with Crippen LogP contribution in [0.2, 0.25) is 0 Å². The van der Waals surface area contributed by atoms with Crippen molar-refractivity contribution >= 4 is 21.9 Å². The first-order valence-corrected chi connectivity index (χ1v) is 13.7. The molecule has 0 aromatic carbocycles. The summed E-state index contributed by atoms with van der Waals surface area (Å²) in [5.41, 5.74) is 0. The number of ether oxygens (including phenoxy) is 1. The normalized spacial score (nSPS) is 24.9. The molecule has 2 aliphatic heterocycles. The first-order valence-electron chi connectivity index (χ1n) is 12.1. The van der Waals surface area contributed by atoms with Gasteiger partial charge in [-0.2, -0.15) is 0 Å². The van der Waals surface area contributed by atoms with E-state index in [0.29, 0.717) is 31.2 Å². The molecule has 8 nitrogen and oxygen atoms in total. The third-order valence-electron chi connectivity index (χ3n) is 6.45. The molecule has 2 heterocycles. The molecule has 0 saturated carbocycles. The zero-order valence-electron chi connectivity index (χ0n) is 19.3. The number of fused-ring (bicyclic) bond motifs is 2. The summed E-state index contributed by atoms with van der Waals surface area (Å²) in [5, 5.41) is 11.5. The Bertz CT molecular complexity index is 724. The zero-order valence-corrected chi connectivity index (χ0v) is 20.1. The van der Waals surface area contributed by atoms with Crippen LogP contribution in [0.5, 0.6) is 0 Å². The van der Waals surface area contributed by atoms with E-state index in [-0.39, 0.29) is 36.8 Å². The van der Waals surface area contributed by atoms with Crippen molar-refractivity contribution in [3.8, 4) is 0 Å². The van der Waals surface area contributed by atoms with Crippen molar-refractivity contribution in [2.75, 3.05) is 18.8 Å². The molecule has 0 aromatic heterocycles. The van der Waals surface area contributed by atoms with Crippen LogP contribution in [0.1, 0.15) is 77.6 Å². The van der Waals surface area contributed by atoms with Gasteiger partial charge in [0.2, 0.25) is 15.9 Å². The summed E-state index contributed by atoms with van der Waals surface area (Å²) in [5.74, 6) is -0.201. The number of carbonyl (C=O) groups excluding carboxylic acids is 1. The van der Waals surface area contributed by atoms with Crippen LogP contribution in [0, 0.1) is 11.8 Å². The largest absolute Gasteiger partial charge is 0.481 e. The van der Waals surface area contributed by atoms with Gasteiger partial charge in [-0.15, -0.1) is 0 Å². The monoisotopic (exact) mass is 472 g/mol. The van der Waals surface area contributed by atoms with Gasteiger partial charge in [-0.3, -0.25) is 9.59 Å². The van der Waals surface area contributed by atoms with Crippen molar-refractivity contribution in [2.24, 2.45) is 11.8 Å². The Kier molecular flexibility index (Phi) is 11.7. The number of hydrogen-bond acceptors (Lipinski definition) is 5. The first kappa shape index (κ1) is 26.8. The Morgan fingerprint density at radius 1 is 1.06 bits per heavy atom. The Labute approximate surface area is 192 Å². The van der Waals surface area contributed by atoms with E-state index in [9.17, 15) is 18.0 Å². The molecule has 2 bridgehead atoms. The van der Waals surface area contributed by atoms with Crippen molar-refractivity contribution < 1.29 is 27.9 Å². The second-order valence-electron chi connectivity index (χ2n) is 8.95. The van der Waals surface area contributed by atoms with E-state index in [4.69, 9.17) is 9.84 Å². The quantitative estimate of drug-likeness (QED) is 0.221. The average Bonchev–Trinajstić information content (AvgIpc) is 3.34. The number of amides is 1. The number of carboxylic acids is 1. The van der Waals surface area contributed by atoms with Gasteiger partial charge in [0.25, 0.3) is 0 Å². The lowest BCUT2D eigenvalue weighted by Crippen LogP contribution is -2.39. The SMILES string of the molecule is CCCCCCS(=O)(=O)NCC(=O)NCCC1C2CCC(O2)C1C/C=C/CCCC(=O)O. The van der Waals surface area contributed by atoms with Crippen LogP contribution in [-0.4, -0.2) is 56.5 Å². The fourth-order valence-corrected chi connectivity index (χ4v) is 5.83. The van der Waals surface area contributed by atoms with E-state index in [2.05, 4.69) is 29.1 Å². The molecule has 2 rings (SSSR count). The van der Waals surface area contributed by atoms with E-state index in [1.807, 2.05) is 0 Å². The maximum Gasteiger partial charge on any atom is 0.303 e. The van der Waals surface area contributed by atoms with Gasteiger partial charge < -0.3 is 15.2 Å². The van der Waals surface area contributed by atoms with Crippen molar-refractivity contribution in [2.45, 2.75) is 89.8 Å². The van der Waals surface area contributed by atoms with Gasteiger partial charge in [-0.25, -0.2) is 13.1 Å². The van der Waals surface area contributed by atoms with E-state index < -0.39 is 16.0 Å². The summed E-state index contributed by atoms with van der Waals surface area (Å²) in [6.07, 6.45) is 13.7. The number of hydrogen-bond donors (Lipinski definition) is 3. The molecule has 0 aromatic rings. The summed E-state index contributed by atoms with van der Waals surface area (Å²) >= 11 is 0. The number of aliphatic carboxylic acids is 1. The number of allylic oxidation sites excluding steroid dienone is 2. The number of carbonyl (C=O) groups is 2. The third kappa shape index (κ3) is 9.58. The zero-order chi connectivity index (χ0) is 23.4. The number of rotatable bonds is 17. The lowest BCUT2D eigenvalue weighted by Gasteiger charge is -2.27. The summed E-state index contributed by atoms with van der Waals surface area (Å²) in [7, 11) is -3.41. The molecule has 1 amide bonds. The fourth-order valence-electron chi connectivity index (χ4n) is 4.75. The molecule has 4 atom stereocenters. The summed E-state index contributed by atoms with van der Waals surface area (Å²) in [4.78, 5) is 22.6. The molecule has 2 aliphatic rings. The standard InChI is InChI=1S/C23H40N2O6S/c1-2-3-4-9-16-32(29,30)25-17-22(26)24-15-14-19-18(20-12-13-21(19)31-20)10-7-5-6-8-11-23(27)28/h5,7,18-21,25H,2-4,6,8-17H2,1H3,(H,24,26)(H,27,28)/b7-5+. The van der Waals surface area contributed by atoms with Crippen LogP contribution in [-0.2, 0) is 24.3 Å². The van der Waals surface area contributed by atoms with Crippen molar-refractivity contribution in [3.05, 3.63) is 12.2 Å². The predicted molar refractivity (Wildman–Crippen MR) is 124 cm³/mol. The summed E-state index contributed by atoms with van der Waals surface area (Å²) in [6.45, 7) is 2.36. The second-order valence-corrected chi connectivity index (χ2v) is 10.9. The molecule has 2 saturated heterocycles. The highest BCUT2D eigenvalue weighted by Gasteiger charge is 2.47. The first-order chi connectivity index (χ1) is 15.3. The van der Waals surface area contributed by atoms with Crippen molar-refractivity contribution in [1.29, 1.82) is 0 Å². The van der Waals surface area contributed by atoms with E-state index in [0.717, 1.165) is 51.4 Å². The maximum atomic E-state index is 12.1. The Morgan fingerprint density at radius 3 is 2.53 bits per heavy atom. The van der Waals surface area contributed by atoms with Crippen molar-refractivity contribution in [1.82, 2.24) is 10.0 Å². The van der Waals surface area contributed by atoms with Gasteiger partial charge in [0, 0.05) is 13.0 Å². The van der Waals surface area contributed by atoms with Gasteiger partial charge in [0.1, 0.15) is 0 Å². The van der Waals surface area contributed by atoms with Crippen LogP contribution >= 0.6 is 0 Å². The highest BCUT2D eigenvalue weighted by Crippen LogP contribution is 2.46. The second kappa shape index (κ2) is 14.0. The molecule has 9 heteroatoms. The van der Waals surface area contributed by atoms with Crippen molar-refractivity contribution in [3.63, 3.8) is 0 Å². The smallest absolute Gasteiger partial charge is 0.303 e. The molecule has 2 fully saturated rings. The lowest BCUT2D eigenvalue weighted by atomic mass is 9.76. The molecule has 0 aliphatic carbocycles. The number of nitrogens with one attached hydrogen (secondary N) is 2. The molecule has 3 N–H and O–H groups in total. The van der Waals surface area contributed by atoms with E-state index >= 15 is 0 Å². The van der Waals surface area contributed by atoms with Gasteiger partial charge >= 0.3 is 5.97 Å².